The zero-order chi connectivity index (χ0) is 18.7. The predicted molar refractivity (Wildman–Crippen MR) is 96.7 cm³/mol. The summed E-state index contributed by atoms with van der Waals surface area (Å²) in [6, 6.07) is 15.1. The minimum atomic E-state index is -3.70. The fourth-order valence-corrected chi connectivity index (χ4v) is 3.71. The Bertz CT molecular complexity index is 958. The summed E-state index contributed by atoms with van der Waals surface area (Å²) in [7, 11) is -2.21. The molecule has 1 aliphatic rings. The Kier molecular flexibility index (Phi) is 5.07. The molecule has 7 heteroatoms. The number of nitrogens with zero attached hydrogens (tertiary/aromatic N) is 2. The number of carbonyl (C=O) groups excluding carboxylic acids is 1. The number of sulfonamides is 1. The normalized spacial score (nSPS) is 14.0. The third-order valence-electron chi connectivity index (χ3n) is 4.21. The van der Waals surface area contributed by atoms with E-state index in [4.69, 9.17) is 5.26 Å². The molecule has 3 rings (SSSR count). The van der Waals surface area contributed by atoms with Gasteiger partial charge in [-0.15, -0.1) is 0 Å². The summed E-state index contributed by atoms with van der Waals surface area (Å²) in [6.07, 6.45) is 2.05. The lowest BCUT2D eigenvalue weighted by atomic mass is 10.1. The Morgan fingerprint density at radius 1 is 1.23 bits per heavy atom. The summed E-state index contributed by atoms with van der Waals surface area (Å²) >= 11 is 0. The number of amides is 1. The average Bonchev–Trinajstić information content (AvgIpc) is 3.46. The van der Waals surface area contributed by atoms with Gasteiger partial charge in [-0.05, 0) is 48.7 Å². The van der Waals surface area contributed by atoms with Crippen molar-refractivity contribution in [2.24, 2.45) is 0 Å². The molecule has 0 aliphatic heterocycles. The second-order valence-electron chi connectivity index (χ2n) is 6.35. The highest BCUT2D eigenvalue weighted by Crippen LogP contribution is 2.20. The van der Waals surface area contributed by atoms with Gasteiger partial charge < -0.3 is 5.32 Å². The van der Waals surface area contributed by atoms with Gasteiger partial charge in [0.15, 0.2) is 0 Å². The van der Waals surface area contributed by atoms with E-state index in [1.807, 2.05) is 6.07 Å². The van der Waals surface area contributed by atoms with Crippen molar-refractivity contribution in [3.63, 3.8) is 0 Å². The molecule has 0 saturated heterocycles. The van der Waals surface area contributed by atoms with Crippen LogP contribution in [0.1, 0.15) is 34.3 Å². The molecule has 26 heavy (non-hydrogen) atoms. The molecule has 2 aromatic rings. The van der Waals surface area contributed by atoms with Crippen molar-refractivity contribution in [3.8, 4) is 6.07 Å². The van der Waals surface area contributed by atoms with Crippen LogP contribution in [0.2, 0.25) is 0 Å². The number of nitriles is 1. The fourth-order valence-electron chi connectivity index (χ4n) is 2.51. The molecule has 0 unspecified atom stereocenters. The minimum absolute atomic E-state index is 0.0829. The molecule has 1 fully saturated rings. The van der Waals surface area contributed by atoms with Gasteiger partial charge in [0.05, 0.1) is 16.5 Å². The summed E-state index contributed by atoms with van der Waals surface area (Å²) in [5.41, 5.74) is 1.63. The van der Waals surface area contributed by atoms with Gasteiger partial charge in [0, 0.05) is 25.2 Å². The number of rotatable bonds is 6. The first kappa shape index (κ1) is 18.1. The van der Waals surface area contributed by atoms with Crippen LogP contribution in [0.4, 0.5) is 0 Å². The van der Waals surface area contributed by atoms with E-state index in [-0.39, 0.29) is 17.3 Å². The molecule has 1 aliphatic carbocycles. The summed E-state index contributed by atoms with van der Waals surface area (Å²) in [5, 5.41) is 11.9. The van der Waals surface area contributed by atoms with Crippen molar-refractivity contribution < 1.29 is 13.2 Å². The molecule has 1 saturated carbocycles. The Balaban J connectivity index is 1.71. The van der Waals surface area contributed by atoms with Crippen LogP contribution < -0.4 is 5.32 Å². The molecule has 134 valence electrons. The molecular formula is C19H19N3O3S. The van der Waals surface area contributed by atoms with Crippen LogP contribution in [0.25, 0.3) is 0 Å². The maximum absolute atomic E-state index is 12.7. The van der Waals surface area contributed by atoms with E-state index in [2.05, 4.69) is 5.32 Å². The van der Waals surface area contributed by atoms with Gasteiger partial charge in [-0.1, -0.05) is 18.2 Å². The average molecular weight is 369 g/mol. The smallest absolute Gasteiger partial charge is 0.251 e. The number of benzene rings is 2. The van der Waals surface area contributed by atoms with Gasteiger partial charge in [-0.2, -0.15) is 9.57 Å². The second kappa shape index (κ2) is 7.28. The molecule has 6 nitrogen and oxygen atoms in total. The first-order valence-electron chi connectivity index (χ1n) is 8.26. The second-order valence-corrected chi connectivity index (χ2v) is 8.39. The van der Waals surface area contributed by atoms with Crippen molar-refractivity contribution in [1.82, 2.24) is 9.62 Å². The third-order valence-corrected chi connectivity index (χ3v) is 6.00. The van der Waals surface area contributed by atoms with Gasteiger partial charge in [0.1, 0.15) is 0 Å². The highest BCUT2D eigenvalue weighted by atomic mass is 32.2. The summed E-state index contributed by atoms with van der Waals surface area (Å²) < 4.78 is 26.5. The predicted octanol–water partition coefficient (Wildman–Crippen LogP) is 2.27. The van der Waals surface area contributed by atoms with E-state index >= 15 is 0 Å². The highest BCUT2D eigenvalue weighted by Gasteiger charge is 2.24. The van der Waals surface area contributed by atoms with E-state index in [1.165, 1.54) is 23.5 Å². The monoisotopic (exact) mass is 369 g/mol. The lowest BCUT2D eigenvalue weighted by molar-refractivity contribution is 0.0951. The molecular weight excluding hydrogens is 350 g/mol. The van der Waals surface area contributed by atoms with Gasteiger partial charge in [0.2, 0.25) is 10.0 Å². The summed E-state index contributed by atoms with van der Waals surface area (Å²) in [4.78, 5) is 12.1. The summed E-state index contributed by atoms with van der Waals surface area (Å²) in [5.74, 6) is -0.103. The largest absolute Gasteiger partial charge is 0.349 e. The van der Waals surface area contributed by atoms with Crippen molar-refractivity contribution in [3.05, 3.63) is 65.2 Å². The van der Waals surface area contributed by atoms with Gasteiger partial charge in [-0.3, -0.25) is 4.79 Å². The maximum atomic E-state index is 12.7. The van der Waals surface area contributed by atoms with E-state index in [0.29, 0.717) is 17.2 Å². The molecule has 1 N–H and O–H groups in total. The van der Waals surface area contributed by atoms with Crippen molar-refractivity contribution in [1.29, 1.82) is 5.26 Å². The van der Waals surface area contributed by atoms with E-state index in [0.717, 1.165) is 18.4 Å². The quantitative estimate of drug-likeness (QED) is 0.846. The lowest BCUT2D eigenvalue weighted by Gasteiger charge is -2.17. The van der Waals surface area contributed by atoms with Crippen molar-refractivity contribution >= 4 is 15.9 Å². The topological polar surface area (TPSA) is 90.3 Å². The zero-order valence-electron chi connectivity index (χ0n) is 14.3. The lowest BCUT2D eigenvalue weighted by Crippen LogP contribution is -2.27. The molecule has 0 atom stereocenters. The van der Waals surface area contributed by atoms with Gasteiger partial charge in [0.25, 0.3) is 5.91 Å². The fraction of sp³-hybridized carbons (Fsp3) is 0.263. The Morgan fingerprint density at radius 3 is 2.54 bits per heavy atom. The van der Waals surface area contributed by atoms with Gasteiger partial charge in [-0.25, -0.2) is 8.42 Å². The van der Waals surface area contributed by atoms with Crippen molar-refractivity contribution in [2.45, 2.75) is 30.3 Å². The molecule has 0 aromatic heterocycles. The molecule has 0 bridgehead atoms. The van der Waals surface area contributed by atoms with Crippen LogP contribution in [0.3, 0.4) is 0 Å². The van der Waals surface area contributed by atoms with Gasteiger partial charge >= 0.3 is 0 Å². The number of hydrogen-bond acceptors (Lipinski definition) is 4. The molecule has 0 spiro atoms. The standard InChI is InChI=1S/C19H19N3O3S/c1-22(26(24,25)18-4-2-3-15(11-18)12-20)13-14-5-7-16(8-6-14)19(23)21-17-9-10-17/h2-8,11,17H,9-10,13H2,1H3,(H,21,23). The Hall–Kier alpha value is -2.69. The third kappa shape index (κ3) is 4.10. The van der Waals surface area contributed by atoms with Crippen LogP contribution in [-0.2, 0) is 16.6 Å². The Labute approximate surface area is 153 Å². The van der Waals surface area contributed by atoms with Crippen LogP contribution >= 0.6 is 0 Å². The molecule has 0 heterocycles. The SMILES string of the molecule is CN(Cc1ccc(C(=O)NC2CC2)cc1)S(=O)(=O)c1cccc(C#N)c1. The molecule has 2 aromatic carbocycles. The van der Waals surface area contributed by atoms with Crippen LogP contribution in [0.5, 0.6) is 0 Å². The summed E-state index contributed by atoms with van der Waals surface area (Å²) in [6.45, 7) is 0.170. The number of hydrogen-bond donors (Lipinski definition) is 1. The van der Waals surface area contributed by atoms with E-state index in [1.54, 1.807) is 36.4 Å². The number of nitrogens with one attached hydrogen (secondary N) is 1. The van der Waals surface area contributed by atoms with Crippen molar-refractivity contribution in [2.75, 3.05) is 7.05 Å². The zero-order valence-corrected chi connectivity index (χ0v) is 15.2. The molecule has 1 amide bonds. The van der Waals surface area contributed by atoms with Crippen LogP contribution in [-0.4, -0.2) is 31.7 Å². The van der Waals surface area contributed by atoms with Crippen LogP contribution in [0.15, 0.2) is 53.4 Å². The maximum Gasteiger partial charge on any atom is 0.251 e. The van der Waals surface area contributed by atoms with E-state index in [9.17, 15) is 13.2 Å². The molecule has 0 radical (unpaired) electrons. The first-order chi connectivity index (χ1) is 12.4. The Morgan fingerprint density at radius 2 is 1.92 bits per heavy atom. The van der Waals surface area contributed by atoms with E-state index < -0.39 is 10.0 Å². The van der Waals surface area contributed by atoms with Crippen LogP contribution in [0, 0.1) is 11.3 Å². The minimum Gasteiger partial charge on any atom is -0.349 e. The first-order valence-corrected chi connectivity index (χ1v) is 9.70. The highest BCUT2D eigenvalue weighted by molar-refractivity contribution is 7.89. The number of carbonyl (C=O) groups is 1.